The van der Waals surface area contributed by atoms with Crippen LogP contribution >= 0.6 is 27.5 Å². The Balaban J connectivity index is 2.39. The Morgan fingerprint density at radius 1 is 1.25 bits per heavy atom. The fourth-order valence-electron chi connectivity index (χ4n) is 2.37. The van der Waals surface area contributed by atoms with Gasteiger partial charge >= 0.3 is 0 Å². The predicted octanol–water partition coefficient (Wildman–Crippen LogP) is 4.19. The van der Waals surface area contributed by atoms with E-state index in [1.165, 1.54) is 0 Å². The fourth-order valence-corrected chi connectivity index (χ4v) is 3.27. The highest BCUT2D eigenvalue weighted by molar-refractivity contribution is 9.10. The van der Waals surface area contributed by atoms with E-state index in [4.69, 9.17) is 17.3 Å². The van der Waals surface area contributed by atoms with E-state index in [0.717, 1.165) is 21.2 Å². The van der Waals surface area contributed by atoms with Crippen LogP contribution in [-0.2, 0) is 0 Å². The summed E-state index contributed by atoms with van der Waals surface area (Å²) < 4.78 is 0.946. The van der Waals surface area contributed by atoms with Crippen molar-refractivity contribution in [3.05, 3.63) is 68.7 Å². The minimum absolute atomic E-state index is 0.225. The first-order valence-electron chi connectivity index (χ1n) is 6.42. The second-order valence-corrected chi connectivity index (χ2v) is 6.19. The van der Waals surface area contributed by atoms with Crippen molar-refractivity contribution in [3.8, 4) is 0 Å². The van der Waals surface area contributed by atoms with Gasteiger partial charge in [0.25, 0.3) is 0 Å². The first-order chi connectivity index (χ1) is 9.52. The summed E-state index contributed by atoms with van der Waals surface area (Å²) in [6.45, 7) is 2.32. The zero-order valence-electron chi connectivity index (χ0n) is 11.2. The summed E-state index contributed by atoms with van der Waals surface area (Å²) in [5, 5.41) is 11.3. The standard InChI is InChI=1S/C16H17BrClNO/c1-10-6-11(8-12(17)7-10)16(20)14(9-19)13-4-2-3-5-15(13)18/h2-8,14,16,20H,9,19H2,1H3. The lowest BCUT2D eigenvalue weighted by Crippen LogP contribution is -2.20. The van der Waals surface area contributed by atoms with Crippen LogP contribution in [0.1, 0.15) is 28.7 Å². The second-order valence-electron chi connectivity index (χ2n) is 4.87. The molecular weight excluding hydrogens is 338 g/mol. The van der Waals surface area contributed by atoms with Gasteiger partial charge in [-0.15, -0.1) is 0 Å². The van der Waals surface area contributed by atoms with Crippen molar-refractivity contribution in [2.45, 2.75) is 18.9 Å². The average Bonchev–Trinajstić information content (AvgIpc) is 2.40. The van der Waals surface area contributed by atoms with Crippen molar-refractivity contribution >= 4 is 27.5 Å². The molecule has 2 aromatic rings. The van der Waals surface area contributed by atoms with Crippen LogP contribution in [0.3, 0.4) is 0 Å². The highest BCUT2D eigenvalue weighted by atomic mass is 79.9. The third kappa shape index (κ3) is 3.41. The van der Waals surface area contributed by atoms with E-state index in [0.29, 0.717) is 11.6 Å². The number of halogens is 2. The molecular formula is C16H17BrClNO. The minimum Gasteiger partial charge on any atom is -0.388 e. The minimum atomic E-state index is -0.684. The molecule has 0 radical (unpaired) electrons. The highest BCUT2D eigenvalue weighted by Gasteiger charge is 2.23. The van der Waals surface area contributed by atoms with Gasteiger partial charge in [0.2, 0.25) is 0 Å². The van der Waals surface area contributed by atoms with Crippen molar-refractivity contribution in [2.75, 3.05) is 6.54 Å². The Morgan fingerprint density at radius 2 is 1.95 bits per heavy atom. The molecule has 0 spiro atoms. The lowest BCUT2D eigenvalue weighted by atomic mass is 9.88. The lowest BCUT2D eigenvalue weighted by molar-refractivity contribution is 0.147. The molecule has 20 heavy (non-hydrogen) atoms. The molecule has 0 saturated carbocycles. The van der Waals surface area contributed by atoms with Gasteiger partial charge in [-0.05, 0) is 41.8 Å². The fraction of sp³-hybridized carbons (Fsp3) is 0.250. The van der Waals surface area contributed by atoms with Crippen LogP contribution in [0.5, 0.6) is 0 Å². The first-order valence-corrected chi connectivity index (χ1v) is 7.59. The smallest absolute Gasteiger partial charge is 0.0871 e. The molecule has 0 saturated heterocycles. The maximum Gasteiger partial charge on any atom is 0.0871 e. The molecule has 0 aliphatic heterocycles. The number of aryl methyl sites for hydroxylation is 1. The number of rotatable bonds is 4. The van der Waals surface area contributed by atoms with Crippen LogP contribution < -0.4 is 5.73 Å². The van der Waals surface area contributed by atoms with E-state index >= 15 is 0 Å². The normalized spacial score (nSPS) is 14.1. The molecule has 0 aliphatic rings. The van der Waals surface area contributed by atoms with Crippen LogP contribution in [0.15, 0.2) is 46.9 Å². The van der Waals surface area contributed by atoms with Crippen molar-refractivity contribution in [1.82, 2.24) is 0 Å². The largest absolute Gasteiger partial charge is 0.388 e. The summed E-state index contributed by atoms with van der Waals surface area (Å²) in [4.78, 5) is 0. The topological polar surface area (TPSA) is 46.2 Å². The molecule has 3 N–H and O–H groups in total. The van der Waals surface area contributed by atoms with Gasteiger partial charge in [-0.25, -0.2) is 0 Å². The molecule has 2 aromatic carbocycles. The molecule has 2 nitrogen and oxygen atoms in total. The quantitative estimate of drug-likeness (QED) is 0.865. The van der Waals surface area contributed by atoms with E-state index < -0.39 is 6.10 Å². The van der Waals surface area contributed by atoms with E-state index in [1.54, 1.807) is 0 Å². The Morgan fingerprint density at radius 3 is 2.55 bits per heavy atom. The van der Waals surface area contributed by atoms with E-state index in [2.05, 4.69) is 15.9 Å². The van der Waals surface area contributed by atoms with Crippen molar-refractivity contribution in [3.63, 3.8) is 0 Å². The predicted molar refractivity (Wildman–Crippen MR) is 87.1 cm³/mol. The van der Waals surface area contributed by atoms with Gasteiger partial charge in [0.15, 0.2) is 0 Å². The number of aliphatic hydroxyl groups excluding tert-OH is 1. The van der Waals surface area contributed by atoms with E-state index in [-0.39, 0.29) is 5.92 Å². The summed E-state index contributed by atoms with van der Waals surface area (Å²) in [6, 6.07) is 13.4. The highest BCUT2D eigenvalue weighted by Crippen LogP contribution is 2.35. The maximum absolute atomic E-state index is 10.6. The van der Waals surface area contributed by atoms with Crippen LogP contribution in [0.25, 0.3) is 0 Å². The lowest BCUT2D eigenvalue weighted by Gasteiger charge is -2.23. The summed E-state index contributed by atoms with van der Waals surface area (Å²) >= 11 is 9.67. The van der Waals surface area contributed by atoms with Gasteiger partial charge < -0.3 is 10.8 Å². The number of hydrogen-bond acceptors (Lipinski definition) is 2. The van der Waals surface area contributed by atoms with E-state index in [9.17, 15) is 5.11 Å². The van der Waals surface area contributed by atoms with Gasteiger partial charge in [-0.1, -0.05) is 51.8 Å². The van der Waals surface area contributed by atoms with Crippen LogP contribution in [0.2, 0.25) is 5.02 Å². The maximum atomic E-state index is 10.6. The number of aliphatic hydroxyl groups is 1. The third-order valence-corrected chi connectivity index (χ3v) is 4.15. The Hall–Kier alpha value is -0.870. The number of hydrogen-bond donors (Lipinski definition) is 2. The van der Waals surface area contributed by atoms with Crippen LogP contribution in [0, 0.1) is 6.92 Å². The van der Waals surface area contributed by atoms with Crippen molar-refractivity contribution in [1.29, 1.82) is 0 Å². The van der Waals surface area contributed by atoms with Gasteiger partial charge in [0.05, 0.1) is 6.10 Å². The van der Waals surface area contributed by atoms with Crippen LogP contribution in [-0.4, -0.2) is 11.7 Å². The summed E-state index contributed by atoms with van der Waals surface area (Å²) in [5.74, 6) is -0.225. The molecule has 106 valence electrons. The Kier molecular flexibility index (Phi) is 5.22. The van der Waals surface area contributed by atoms with Gasteiger partial charge in [0.1, 0.15) is 0 Å². The van der Waals surface area contributed by atoms with Gasteiger partial charge in [-0.3, -0.25) is 0 Å². The van der Waals surface area contributed by atoms with Gasteiger partial charge in [-0.2, -0.15) is 0 Å². The van der Waals surface area contributed by atoms with Gasteiger partial charge in [0, 0.05) is 22.0 Å². The Labute approximate surface area is 132 Å². The summed E-state index contributed by atoms with van der Waals surface area (Å²) in [7, 11) is 0. The number of benzene rings is 2. The molecule has 0 aliphatic carbocycles. The molecule has 2 rings (SSSR count). The summed E-state index contributed by atoms with van der Waals surface area (Å²) in [5.41, 5.74) is 8.66. The molecule has 4 heteroatoms. The van der Waals surface area contributed by atoms with Crippen molar-refractivity contribution in [2.24, 2.45) is 5.73 Å². The molecule has 0 fully saturated rings. The molecule has 0 bridgehead atoms. The molecule has 0 aromatic heterocycles. The molecule has 2 atom stereocenters. The molecule has 0 amide bonds. The monoisotopic (exact) mass is 353 g/mol. The first kappa shape index (κ1) is 15.5. The zero-order valence-corrected chi connectivity index (χ0v) is 13.5. The average molecular weight is 355 g/mol. The molecule has 2 unspecified atom stereocenters. The SMILES string of the molecule is Cc1cc(Br)cc(C(O)C(CN)c2ccccc2Cl)c1. The number of nitrogens with two attached hydrogens (primary N) is 1. The van der Waals surface area contributed by atoms with Crippen molar-refractivity contribution < 1.29 is 5.11 Å². The Bertz CT molecular complexity index is 583. The second kappa shape index (κ2) is 6.72. The van der Waals surface area contributed by atoms with Crippen LogP contribution in [0.4, 0.5) is 0 Å². The van der Waals surface area contributed by atoms with E-state index in [1.807, 2.05) is 49.4 Å². The molecule has 0 heterocycles. The summed E-state index contributed by atoms with van der Waals surface area (Å²) in [6.07, 6.45) is -0.684. The third-order valence-electron chi connectivity index (χ3n) is 3.35. The zero-order chi connectivity index (χ0) is 14.7.